The lowest BCUT2D eigenvalue weighted by Gasteiger charge is -2.34. The van der Waals surface area contributed by atoms with E-state index in [4.69, 9.17) is 0 Å². The molecule has 6 heteroatoms. The molecule has 0 bridgehead atoms. The van der Waals surface area contributed by atoms with Gasteiger partial charge in [-0.2, -0.15) is 0 Å². The smallest absolute Gasteiger partial charge is 0.246 e. The molecule has 0 N–H and O–H groups in total. The van der Waals surface area contributed by atoms with Crippen molar-refractivity contribution in [3.05, 3.63) is 29.3 Å². The van der Waals surface area contributed by atoms with Gasteiger partial charge >= 0.3 is 0 Å². The number of sulfonamides is 1. The maximum absolute atomic E-state index is 12.7. The molecule has 1 aliphatic heterocycles. The lowest BCUT2D eigenvalue weighted by molar-refractivity contribution is -0.132. The van der Waals surface area contributed by atoms with Crippen molar-refractivity contribution >= 4 is 21.6 Å². The topological polar surface area (TPSA) is 57.7 Å². The van der Waals surface area contributed by atoms with E-state index >= 15 is 0 Å². The zero-order valence-electron chi connectivity index (χ0n) is 14.4. The summed E-state index contributed by atoms with van der Waals surface area (Å²) < 4.78 is 25.9. The van der Waals surface area contributed by atoms with Crippen LogP contribution in [0.3, 0.4) is 0 Å². The molecule has 0 aromatic heterocycles. The number of hydrogen-bond donors (Lipinski definition) is 0. The van der Waals surface area contributed by atoms with Crippen molar-refractivity contribution in [3.8, 4) is 0 Å². The lowest BCUT2D eigenvalue weighted by Crippen LogP contribution is -2.50. The molecule has 5 nitrogen and oxygen atoms in total. The summed E-state index contributed by atoms with van der Waals surface area (Å²) in [4.78, 5) is 14.5. The Hall–Kier alpha value is -1.56. The molecule has 0 unspecified atom stereocenters. The molecular weight excluding hydrogens is 312 g/mol. The van der Waals surface area contributed by atoms with Crippen LogP contribution in [-0.2, 0) is 14.8 Å². The van der Waals surface area contributed by atoms with E-state index in [0.717, 1.165) is 36.6 Å². The Morgan fingerprint density at radius 2 is 1.74 bits per heavy atom. The van der Waals surface area contributed by atoms with Crippen LogP contribution in [0, 0.1) is 13.8 Å². The largest absolute Gasteiger partial charge is 0.341 e. The lowest BCUT2D eigenvalue weighted by atomic mass is 10.1. The molecule has 1 heterocycles. The minimum absolute atomic E-state index is 0.117. The summed E-state index contributed by atoms with van der Waals surface area (Å²) in [7, 11) is -3.54. The highest BCUT2D eigenvalue weighted by atomic mass is 32.2. The zero-order valence-corrected chi connectivity index (χ0v) is 15.2. The number of carbonyl (C=O) groups excluding carboxylic acids is 1. The first-order valence-corrected chi connectivity index (χ1v) is 9.92. The Morgan fingerprint density at radius 1 is 1.13 bits per heavy atom. The number of benzene rings is 1. The summed E-state index contributed by atoms with van der Waals surface area (Å²) >= 11 is 0. The second-order valence-electron chi connectivity index (χ2n) is 6.39. The molecule has 0 saturated carbocycles. The zero-order chi connectivity index (χ0) is 17.2. The van der Waals surface area contributed by atoms with E-state index in [1.54, 1.807) is 17.9 Å². The molecule has 1 aliphatic rings. The van der Waals surface area contributed by atoms with Crippen LogP contribution in [0.1, 0.15) is 37.3 Å². The number of carbonyl (C=O) groups is 1. The van der Waals surface area contributed by atoms with Gasteiger partial charge in [-0.25, -0.2) is 8.42 Å². The summed E-state index contributed by atoms with van der Waals surface area (Å²) in [5, 5.41) is 0. The Kier molecular flexibility index (Phi) is 5.34. The fraction of sp³-hybridized carbons (Fsp3) is 0.588. The number of amides is 1. The van der Waals surface area contributed by atoms with Gasteiger partial charge in [0.05, 0.1) is 11.9 Å². The van der Waals surface area contributed by atoms with Crippen LogP contribution in [-0.4, -0.2) is 44.6 Å². The fourth-order valence-corrected chi connectivity index (χ4v) is 4.20. The summed E-state index contributed by atoms with van der Waals surface area (Å²) in [6, 6.07) is 4.76. The summed E-state index contributed by atoms with van der Waals surface area (Å²) in [6.07, 6.45) is 4.26. The molecule has 0 radical (unpaired) electrons. The molecule has 128 valence electrons. The first kappa shape index (κ1) is 17.8. The van der Waals surface area contributed by atoms with E-state index in [0.29, 0.717) is 18.8 Å². The van der Waals surface area contributed by atoms with Crippen LogP contribution in [0.15, 0.2) is 18.2 Å². The number of anilines is 1. The Bertz CT molecular complexity index is 679. The molecule has 1 aromatic carbocycles. The van der Waals surface area contributed by atoms with Crippen molar-refractivity contribution in [3.63, 3.8) is 0 Å². The minimum Gasteiger partial charge on any atom is -0.341 e. The van der Waals surface area contributed by atoms with E-state index < -0.39 is 16.1 Å². The van der Waals surface area contributed by atoms with E-state index in [2.05, 4.69) is 0 Å². The van der Waals surface area contributed by atoms with Crippen molar-refractivity contribution in [1.82, 2.24) is 4.90 Å². The van der Waals surface area contributed by atoms with Gasteiger partial charge < -0.3 is 4.90 Å². The van der Waals surface area contributed by atoms with Gasteiger partial charge in [0.25, 0.3) is 0 Å². The second kappa shape index (κ2) is 6.91. The Morgan fingerprint density at radius 3 is 2.26 bits per heavy atom. The van der Waals surface area contributed by atoms with Crippen LogP contribution in [0.25, 0.3) is 0 Å². The maximum atomic E-state index is 12.7. The number of rotatable bonds is 4. The van der Waals surface area contributed by atoms with E-state index in [9.17, 15) is 13.2 Å². The van der Waals surface area contributed by atoms with Gasteiger partial charge in [-0.15, -0.1) is 0 Å². The Balaban J connectivity index is 2.34. The SMILES string of the molecule is Cc1ccc(N([C@H](C)C(=O)N2CCCCC2)S(C)(=O)=O)cc1C. The summed E-state index contributed by atoms with van der Waals surface area (Å²) in [6.45, 7) is 7.03. The highest BCUT2D eigenvalue weighted by Gasteiger charge is 2.32. The number of nitrogens with zero attached hydrogens (tertiary/aromatic N) is 2. The first-order chi connectivity index (χ1) is 10.7. The van der Waals surface area contributed by atoms with Crippen molar-refractivity contribution < 1.29 is 13.2 Å². The molecule has 1 saturated heterocycles. The van der Waals surface area contributed by atoms with Crippen molar-refractivity contribution in [2.24, 2.45) is 0 Å². The number of hydrogen-bond acceptors (Lipinski definition) is 3. The quantitative estimate of drug-likeness (QED) is 0.847. The number of likely N-dealkylation sites (tertiary alicyclic amines) is 1. The van der Waals surface area contributed by atoms with Gasteiger partial charge in [0.15, 0.2) is 0 Å². The third kappa shape index (κ3) is 4.05. The molecule has 0 aliphatic carbocycles. The van der Waals surface area contributed by atoms with Crippen molar-refractivity contribution in [2.75, 3.05) is 23.7 Å². The maximum Gasteiger partial charge on any atom is 0.246 e. The van der Waals surface area contributed by atoms with Crippen LogP contribution in [0.4, 0.5) is 5.69 Å². The van der Waals surface area contributed by atoms with Crippen LogP contribution >= 0.6 is 0 Å². The predicted octanol–water partition coefficient (Wildman–Crippen LogP) is 2.47. The van der Waals surface area contributed by atoms with E-state index in [-0.39, 0.29) is 5.91 Å². The average Bonchev–Trinajstić information content (AvgIpc) is 2.49. The summed E-state index contributed by atoms with van der Waals surface area (Å²) in [5.41, 5.74) is 2.65. The first-order valence-electron chi connectivity index (χ1n) is 8.07. The van der Waals surface area contributed by atoms with Gasteiger partial charge in [0, 0.05) is 13.1 Å². The van der Waals surface area contributed by atoms with Gasteiger partial charge in [0.2, 0.25) is 15.9 Å². The standard InChI is InChI=1S/C17H26N2O3S/c1-13-8-9-16(12-14(13)2)19(23(4,21)22)15(3)17(20)18-10-6-5-7-11-18/h8-9,12,15H,5-7,10-11H2,1-4H3/t15-/m1/s1. The van der Waals surface area contributed by atoms with E-state index in [1.165, 1.54) is 4.31 Å². The summed E-state index contributed by atoms with van der Waals surface area (Å²) in [5.74, 6) is -0.117. The molecule has 2 rings (SSSR count). The Labute approximate surface area is 139 Å². The number of piperidine rings is 1. The second-order valence-corrected chi connectivity index (χ2v) is 8.25. The highest BCUT2D eigenvalue weighted by molar-refractivity contribution is 7.92. The minimum atomic E-state index is -3.54. The molecule has 23 heavy (non-hydrogen) atoms. The molecular formula is C17H26N2O3S. The normalized spacial score (nSPS) is 17.0. The van der Waals surface area contributed by atoms with Gasteiger partial charge in [-0.1, -0.05) is 6.07 Å². The fourth-order valence-electron chi connectivity index (χ4n) is 3.04. The molecule has 0 spiro atoms. The van der Waals surface area contributed by atoms with Gasteiger partial charge in [-0.3, -0.25) is 9.10 Å². The molecule has 1 amide bonds. The molecule has 1 fully saturated rings. The van der Waals surface area contributed by atoms with Crippen LogP contribution in [0.5, 0.6) is 0 Å². The van der Waals surface area contributed by atoms with Crippen molar-refractivity contribution in [2.45, 2.75) is 46.1 Å². The van der Waals surface area contributed by atoms with E-state index in [1.807, 2.05) is 26.0 Å². The average molecular weight is 338 g/mol. The van der Waals surface area contributed by atoms with Gasteiger partial charge in [-0.05, 0) is 63.3 Å². The highest BCUT2D eigenvalue weighted by Crippen LogP contribution is 2.25. The third-order valence-corrected chi connectivity index (χ3v) is 5.72. The third-order valence-electron chi connectivity index (χ3n) is 4.48. The monoisotopic (exact) mass is 338 g/mol. The van der Waals surface area contributed by atoms with Crippen LogP contribution < -0.4 is 4.31 Å². The molecule has 1 aromatic rings. The van der Waals surface area contributed by atoms with Gasteiger partial charge in [0.1, 0.15) is 6.04 Å². The predicted molar refractivity (Wildman–Crippen MR) is 93.1 cm³/mol. The number of aryl methyl sites for hydroxylation is 2. The van der Waals surface area contributed by atoms with Crippen LogP contribution in [0.2, 0.25) is 0 Å². The van der Waals surface area contributed by atoms with Crippen molar-refractivity contribution in [1.29, 1.82) is 0 Å². The molecule has 1 atom stereocenters.